The fraction of sp³-hybridized carbons (Fsp3) is 0.435. The second-order valence-electron chi connectivity index (χ2n) is 7.01. The van der Waals surface area contributed by atoms with Gasteiger partial charge in [0.1, 0.15) is 0 Å². The van der Waals surface area contributed by atoms with E-state index in [-0.39, 0.29) is 5.97 Å². The highest BCUT2D eigenvalue weighted by molar-refractivity contribution is 6.16. The number of unbranched alkanes of at least 4 members (excludes halogenated alkanes) is 7. The first-order valence-corrected chi connectivity index (χ1v) is 9.98. The van der Waals surface area contributed by atoms with Gasteiger partial charge in [0.15, 0.2) is 0 Å². The first kappa shape index (κ1) is 18.5. The van der Waals surface area contributed by atoms with Gasteiger partial charge in [0.2, 0.25) is 0 Å². The largest absolute Gasteiger partial charge is 0.462 e. The summed E-state index contributed by atoms with van der Waals surface area (Å²) in [6.45, 7) is 2.75. The standard InChI is InChI=1S/C23H29NO2/c1-2-3-4-5-6-7-8-11-17-26-23(25)19-14-12-16-21-22(19)18-13-9-10-15-20(18)24-21/h9-10,12-16,24H,2-8,11,17H2,1H3. The van der Waals surface area contributed by atoms with Crippen molar-refractivity contribution in [1.82, 2.24) is 4.98 Å². The number of carbonyl (C=O) groups excluding carboxylic acids is 1. The van der Waals surface area contributed by atoms with E-state index in [2.05, 4.69) is 11.9 Å². The van der Waals surface area contributed by atoms with Gasteiger partial charge in [-0.2, -0.15) is 0 Å². The number of rotatable bonds is 10. The van der Waals surface area contributed by atoms with Crippen LogP contribution >= 0.6 is 0 Å². The third-order valence-electron chi connectivity index (χ3n) is 4.98. The number of H-pyrrole nitrogens is 1. The summed E-state index contributed by atoms with van der Waals surface area (Å²) >= 11 is 0. The average Bonchev–Trinajstić information content (AvgIpc) is 3.05. The molecule has 1 N–H and O–H groups in total. The van der Waals surface area contributed by atoms with Crippen molar-refractivity contribution in [2.75, 3.05) is 6.61 Å². The van der Waals surface area contributed by atoms with Crippen molar-refractivity contribution in [2.45, 2.75) is 58.3 Å². The molecular weight excluding hydrogens is 322 g/mol. The zero-order valence-corrected chi connectivity index (χ0v) is 15.7. The SMILES string of the molecule is CCCCCCCCCCOC(=O)c1cccc2[nH]c3ccccc3c12. The van der Waals surface area contributed by atoms with Gasteiger partial charge in [-0.05, 0) is 24.6 Å². The molecule has 3 rings (SSSR count). The zero-order chi connectivity index (χ0) is 18.2. The van der Waals surface area contributed by atoms with Gasteiger partial charge in [-0.1, -0.05) is 76.1 Å². The van der Waals surface area contributed by atoms with E-state index < -0.39 is 0 Å². The molecule has 0 saturated heterocycles. The molecule has 0 saturated carbocycles. The monoisotopic (exact) mass is 351 g/mol. The molecule has 3 nitrogen and oxygen atoms in total. The van der Waals surface area contributed by atoms with Crippen molar-refractivity contribution in [3.05, 3.63) is 48.0 Å². The van der Waals surface area contributed by atoms with Crippen LogP contribution in [-0.2, 0) is 4.74 Å². The number of benzene rings is 2. The molecule has 0 unspecified atom stereocenters. The summed E-state index contributed by atoms with van der Waals surface area (Å²) in [7, 11) is 0. The van der Waals surface area contributed by atoms with Crippen molar-refractivity contribution in [3.63, 3.8) is 0 Å². The molecule has 0 atom stereocenters. The van der Waals surface area contributed by atoms with E-state index in [0.717, 1.165) is 34.6 Å². The van der Waals surface area contributed by atoms with Gasteiger partial charge in [0.25, 0.3) is 0 Å². The van der Waals surface area contributed by atoms with Crippen molar-refractivity contribution in [1.29, 1.82) is 0 Å². The number of aromatic amines is 1. The van der Waals surface area contributed by atoms with Gasteiger partial charge in [0.05, 0.1) is 12.2 Å². The lowest BCUT2D eigenvalue weighted by atomic mass is 10.1. The third-order valence-corrected chi connectivity index (χ3v) is 4.98. The van der Waals surface area contributed by atoms with Gasteiger partial charge in [-0.25, -0.2) is 4.79 Å². The summed E-state index contributed by atoms with van der Waals surface area (Å²) in [5, 5.41) is 2.03. The molecule has 0 spiro atoms. The Morgan fingerprint density at radius 1 is 0.846 bits per heavy atom. The minimum atomic E-state index is -0.219. The van der Waals surface area contributed by atoms with Gasteiger partial charge in [-0.3, -0.25) is 0 Å². The highest BCUT2D eigenvalue weighted by Crippen LogP contribution is 2.28. The lowest BCUT2D eigenvalue weighted by molar-refractivity contribution is 0.0500. The van der Waals surface area contributed by atoms with Gasteiger partial charge in [0, 0.05) is 21.8 Å². The quantitative estimate of drug-likeness (QED) is 0.329. The zero-order valence-electron chi connectivity index (χ0n) is 15.7. The predicted octanol–water partition coefficient (Wildman–Crippen LogP) is 6.62. The first-order chi connectivity index (χ1) is 12.8. The van der Waals surface area contributed by atoms with Crippen LogP contribution in [0.25, 0.3) is 21.8 Å². The highest BCUT2D eigenvalue weighted by Gasteiger charge is 2.15. The molecule has 0 aliphatic carbocycles. The Morgan fingerprint density at radius 3 is 2.35 bits per heavy atom. The molecule has 1 heterocycles. The van der Waals surface area contributed by atoms with Crippen LogP contribution in [0.2, 0.25) is 0 Å². The molecule has 0 bridgehead atoms. The van der Waals surface area contributed by atoms with E-state index in [0.29, 0.717) is 12.2 Å². The number of fused-ring (bicyclic) bond motifs is 3. The van der Waals surface area contributed by atoms with Crippen LogP contribution in [-0.4, -0.2) is 17.6 Å². The molecule has 0 aliphatic heterocycles. The van der Waals surface area contributed by atoms with Crippen molar-refractivity contribution in [3.8, 4) is 0 Å². The number of ether oxygens (including phenoxy) is 1. The molecule has 0 amide bonds. The summed E-state index contributed by atoms with van der Waals surface area (Å²) in [6.07, 6.45) is 9.92. The lowest BCUT2D eigenvalue weighted by Gasteiger charge is -2.06. The number of esters is 1. The summed E-state index contributed by atoms with van der Waals surface area (Å²) < 4.78 is 5.55. The maximum Gasteiger partial charge on any atom is 0.338 e. The Balaban J connectivity index is 1.52. The Kier molecular flexibility index (Phi) is 6.70. The molecule has 2 aromatic carbocycles. The van der Waals surface area contributed by atoms with Crippen molar-refractivity contribution >= 4 is 27.8 Å². The van der Waals surface area contributed by atoms with E-state index in [1.165, 1.54) is 38.5 Å². The molecule has 0 aliphatic rings. The highest BCUT2D eigenvalue weighted by atomic mass is 16.5. The second kappa shape index (κ2) is 9.42. The summed E-state index contributed by atoms with van der Waals surface area (Å²) in [4.78, 5) is 15.9. The normalized spacial score (nSPS) is 11.3. The number of carbonyl (C=O) groups is 1. The van der Waals surface area contributed by atoms with Gasteiger partial charge >= 0.3 is 5.97 Å². The van der Waals surface area contributed by atoms with E-state index >= 15 is 0 Å². The predicted molar refractivity (Wildman–Crippen MR) is 109 cm³/mol. The second-order valence-corrected chi connectivity index (χ2v) is 7.01. The average molecular weight is 351 g/mol. The first-order valence-electron chi connectivity index (χ1n) is 9.98. The summed E-state index contributed by atoms with van der Waals surface area (Å²) in [6, 6.07) is 13.8. The van der Waals surface area contributed by atoms with Crippen LogP contribution in [0.5, 0.6) is 0 Å². The number of hydrogen-bond donors (Lipinski definition) is 1. The molecule has 0 fully saturated rings. The fourth-order valence-corrected chi connectivity index (χ4v) is 3.55. The van der Waals surface area contributed by atoms with E-state index in [9.17, 15) is 4.79 Å². The number of nitrogens with one attached hydrogen (secondary N) is 1. The van der Waals surface area contributed by atoms with Crippen LogP contribution in [0.4, 0.5) is 0 Å². The van der Waals surface area contributed by atoms with Crippen molar-refractivity contribution < 1.29 is 9.53 Å². The van der Waals surface area contributed by atoms with Crippen LogP contribution in [0.15, 0.2) is 42.5 Å². The van der Waals surface area contributed by atoms with E-state index in [1.807, 2.05) is 42.5 Å². The molecule has 3 aromatic rings. The maximum absolute atomic E-state index is 12.6. The number of para-hydroxylation sites is 1. The fourth-order valence-electron chi connectivity index (χ4n) is 3.55. The van der Waals surface area contributed by atoms with Crippen LogP contribution in [0.1, 0.15) is 68.6 Å². The van der Waals surface area contributed by atoms with E-state index in [4.69, 9.17) is 4.74 Å². The number of aromatic nitrogens is 1. The molecular formula is C23H29NO2. The van der Waals surface area contributed by atoms with Crippen LogP contribution in [0.3, 0.4) is 0 Å². The van der Waals surface area contributed by atoms with Crippen LogP contribution < -0.4 is 0 Å². The molecule has 138 valence electrons. The summed E-state index contributed by atoms with van der Waals surface area (Å²) in [5.74, 6) is -0.219. The van der Waals surface area contributed by atoms with Gasteiger partial charge in [-0.15, -0.1) is 0 Å². The van der Waals surface area contributed by atoms with Crippen molar-refractivity contribution in [2.24, 2.45) is 0 Å². The Labute approximate surface area is 155 Å². The Hall–Kier alpha value is -2.29. The smallest absolute Gasteiger partial charge is 0.338 e. The molecule has 26 heavy (non-hydrogen) atoms. The third kappa shape index (κ3) is 4.46. The molecule has 0 radical (unpaired) electrons. The van der Waals surface area contributed by atoms with E-state index in [1.54, 1.807) is 0 Å². The molecule has 3 heteroatoms. The van der Waals surface area contributed by atoms with Crippen LogP contribution in [0, 0.1) is 0 Å². The minimum Gasteiger partial charge on any atom is -0.462 e. The maximum atomic E-state index is 12.6. The summed E-state index contributed by atoms with van der Waals surface area (Å²) in [5.41, 5.74) is 2.68. The Morgan fingerprint density at radius 2 is 1.54 bits per heavy atom. The number of hydrogen-bond acceptors (Lipinski definition) is 2. The Bertz CT molecular complexity index is 850. The topological polar surface area (TPSA) is 42.1 Å². The molecule has 1 aromatic heterocycles. The lowest BCUT2D eigenvalue weighted by Crippen LogP contribution is -2.07. The van der Waals surface area contributed by atoms with Gasteiger partial charge < -0.3 is 9.72 Å². The minimum absolute atomic E-state index is 0.219.